The van der Waals surface area contributed by atoms with E-state index in [9.17, 15) is 9.59 Å². The second-order valence-corrected chi connectivity index (χ2v) is 5.46. The summed E-state index contributed by atoms with van der Waals surface area (Å²) in [5.74, 6) is -0.218. The van der Waals surface area contributed by atoms with Crippen molar-refractivity contribution in [3.05, 3.63) is 66.1 Å². The van der Waals surface area contributed by atoms with Crippen LogP contribution in [0.3, 0.4) is 0 Å². The normalized spacial score (nSPS) is 11.9. The number of rotatable bonds is 6. The third kappa shape index (κ3) is 3.68. The van der Waals surface area contributed by atoms with Gasteiger partial charge in [-0.25, -0.2) is 9.78 Å². The van der Waals surface area contributed by atoms with E-state index in [1.807, 2.05) is 19.1 Å². The van der Waals surface area contributed by atoms with Crippen LogP contribution in [0.15, 0.2) is 54.9 Å². The summed E-state index contributed by atoms with van der Waals surface area (Å²) in [6.45, 7) is 3.99. The SMILES string of the molecule is CCOc1ccc(C(=O)[C@H](C)OC(=O)c2cn3ccccc3n2)cc1. The first-order valence-corrected chi connectivity index (χ1v) is 8.00. The Morgan fingerprint density at radius 1 is 1.16 bits per heavy atom. The van der Waals surface area contributed by atoms with Crippen molar-refractivity contribution in [1.29, 1.82) is 0 Å². The number of carbonyl (C=O) groups excluding carboxylic acids is 2. The second-order valence-electron chi connectivity index (χ2n) is 5.46. The molecule has 128 valence electrons. The number of hydrogen-bond donors (Lipinski definition) is 0. The zero-order valence-corrected chi connectivity index (χ0v) is 14.0. The van der Waals surface area contributed by atoms with Gasteiger partial charge in [-0.15, -0.1) is 0 Å². The molecular formula is C19H18N2O4. The molecule has 1 aromatic carbocycles. The van der Waals surface area contributed by atoms with Crippen LogP contribution in [0.1, 0.15) is 34.7 Å². The highest BCUT2D eigenvalue weighted by Gasteiger charge is 2.22. The standard InChI is InChI=1S/C19H18N2O4/c1-3-24-15-9-7-14(8-10-15)18(22)13(2)25-19(23)16-12-21-11-5-4-6-17(21)20-16/h4-13H,3H2,1-2H3/t13-/m0/s1. The molecule has 3 aromatic rings. The lowest BCUT2D eigenvalue weighted by Gasteiger charge is -2.11. The minimum Gasteiger partial charge on any atom is -0.494 e. The number of benzene rings is 1. The van der Waals surface area contributed by atoms with E-state index >= 15 is 0 Å². The van der Waals surface area contributed by atoms with Crippen molar-refractivity contribution in [2.45, 2.75) is 20.0 Å². The van der Waals surface area contributed by atoms with Gasteiger partial charge < -0.3 is 13.9 Å². The van der Waals surface area contributed by atoms with Gasteiger partial charge in [0.2, 0.25) is 5.78 Å². The minimum atomic E-state index is -0.907. The summed E-state index contributed by atoms with van der Waals surface area (Å²) in [4.78, 5) is 28.8. The first kappa shape index (κ1) is 16.7. The molecule has 0 saturated carbocycles. The lowest BCUT2D eigenvalue weighted by Crippen LogP contribution is -2.24. The second kappa shape index (κ2) is 7.17. The molecule has 0 aliphatic rings. The molecular weight excluding hydrogens is 320 g/mol. The van der Waals surface area contributed by atoms with Crippen LogP contribution in [0.25, 0.3) is 5.65 Å². The number of aromatic nitrogens is 2. The van der Waals surface area contributed by atoms with E-state index in [0.717, 1.165) is 0 Å². The minimum absolute atomic E-state index is 0.164. The largest absolute Gasteiger partial charge is 0.494 e. The highest BCUT2D eigenvalue weighted by Crippen LogP contribution is 2.15. The molecule has 2 aromatic heterocycles. The number of nitrogens with zero attached hydrogens (tertiary/aromatic N) is 2. The predicted octanol–water partition coefficient (Wildman–Crippen LogP) is 3.16. The third-order valence-corrected chi connectivity index (χ3v) is 3.68. The number of hydrogen-bond acceptors (Lipinski definition) is 5. The van der Waals surface area contributed by atoms with Crippen LogP contribution in [0.2, 0.25) is 0 Å². The number of carbonyl (C=O) groups is 2. The van der Waals surface area contributed by atoms with Crippen LogP contribution in [-0.2, 0) is 4.74 Å². The lowest BCUT2D eigenvalue weighted by molar-refractivity contribution is 0.0313. The van der Waals surface area contributed by atoms with Gasteiger partial charge in [-0.1, -0.05) is 6.07 Å². The smallest absolute Gasteiger partial charge is 0.359 e. The Morgan fingerprint density at radius 2 is 1.92 bits per heavy atom. The van der Waals surface area contributed by atoms with Crippen LogP contribution >= 0.6 is 0 Å². The van der Waals surface area contributed by atoms with Gasteiger partial charge in [-0.2, -0.15) is 0 Å². The summed E-state index contributed by atoms with van der Waals surface area (Å²) in [6, 6.07) is 12.2. The van der Waals surface area contributed by atoms with E-state index in [-0.39, 0.29) is 11.5 Å². The number of esters is 1. The molecule has 2 heterocycles. The van der Waals surface area contributed by atoms with E-state index < -0.39 is 12.1 Å². The summed E-state index contributed by atoms with van der Waals surface area (Å²) in [7, 11) is 0. The van der Waals surface area contributed by atoms with Crippen molar-refractivity contribution in [1.82, 2.24) is 9.38 Å². The molecule has 0 aliphatic heterocycles. The van der Waals surface area contributed by atoms with Crippen molar-refractivity contribution in [3.63, 3.8) is 0 Å². The van der Waals surface area contributed by atoms with Crippen molar-refractivity contribution in [2.75, 3.05) is 6.61 Å². The Bertz CT molecular complexity index is 866. The van der Waals surface area contributed by atoms with E-state index in [1.165, 1.54) is 0 Å². The van der Waals surface area contributed by atoms with Gasteiger partial charge in [-0.3, -0.25) is 4.79 Å². The van der Waals surface area contributed by atoms with Crippen molar-refractivity contribution < 1.29 is 19.1 Å². The van der Waals surface area contributed by atoms with Crippen molar-refractivity contribution >= 4 is 17.4 Å². The number of ether oxygens (including phenoxy) is 2. The molecule has 0 amide bonds. The molecule has 0 radical (unpaired) electrons. The molecule has 1 atom stereocenters. The van der Waals surface area contributed by atoms with E-state index in [2.05, 4.69) is 4.98 Å². The van der Waals surface area contributed by atoms with Crippen LogP contribution in [0.4, 0.5) is 0 Å². The van der Waals surface area contributed by atoms with Gasteiger partial charge in [0, 0.05) is 18.0 Å². The monoisotopic (exact) mass is 338 g/mol. The maximum atomic E-state index is 12.4. The quantitative estimate of drug-likeness (QED) is 0.510. The molecule has 3 rings (SSSR count). The van der Waals surface area contributed by atoms with Crippen LogP contribution in [-0.4, -0.2) is 33.8 Å². The first-order chi connectivity index (χ1) is 12.1. The fraction of sp³-hybridized carbons (Fsp3) is 0.211. The molecule has 0 bridgehead atoms. The summed E-state index contributed by atoms with van der Waals surface area (Å²) >= 11 is 0. The Kier molecular flexibility index (Phi) is 4.79. The summed E-state index contributed by atoms with van der Waals surface area (Å²) < 4.78 is 12.3. The topological polar surface area (TPSA) is 69.9 Å². The zero-order valence-electron chi connectivity index (χ0n) is 14.0. The van der Waals surface area contributed by atoms with Crippen LogP contribution in [0.5, 0.6) is 5.75 Å². The molecule has 0 spiro atoms. The van der Waals surface area contributed by atoms with Crippen molar-refractivity contribution in [2.24, 2.45) is 0 Å². The Morgan fingerprint density at radius 3 is 2.60 bits per heavy atom. The summed E-state index contributed by atoms with van der Waals surface area (Å²) in [6.07, 6.45) is 2.45. The van der Waals surface area contributed by atoms with Gasteiger partial charge in [0.05, 0.1) is 6.61 Å². The average Bonchev–Trinajstić information content (AvgIpc) is 3.06. The lowest BCUT2D eigenvalue weighted by atomic mass is 10.1. The maximum Gasteiger partial charge on any atom is 0.359 e. The molecule has 0 N–H and O–H groups in total. The molecule has 6 nitrogen and oxygen atoms in total. The number of imidazole rings is 1. The number of pyridine rings is 1. The zero-order chi connectivity index (χ0) is 17.8. The number of fused-ring (bicyclic) bond motifs is 1. The fourth-order valence-electron chi connectivity index (χ4n) is 2.42. The Hall–Kier alpha value is -3.15. The van der Waals surface area contributed by atoms with Gasteiger partial charge in [0.1, 0.15) is 11.4 Å². The summed E-state index contributed by atoms with van der Waals surface area (Å²) in [5, 5.41) is 0. The number of Topliss-reactive ketones (excluding diaryl/α,β-unsaturated/α-hetero) is 1. The average molecular weight is 338 g/mol. The third-order valence-electron chi connectivity index (χ3n) is 3.68. The molecule has 0 saturated heterocycles. The van der Waals surface area contributed by atoms with Gasteiger partial charge >= 0.3 is 5.97 Å². The number of ketones is 1. The molecule has 0 aliphatic carbocycles. The summed E-state index contributed by atoms with van der Waals surface area (Å²) in [5.41, 5.74) is 1.26. The molecule has 0 fully saturated rings. The van der Waals surface area contributed by atoms with E-state index in [0.29, 0.717) is 23.6 Å². The maximum absolute atomic E-state index is 12.4. The van der Waals surface area contributed by atoms with E-state index in [4.69, 9.17) is 9.47 Å². The highest BCUT2D eigenvalue weighted by molar-refractivity contribution is 6.01. The predicted molar refractivity (Wildman–Crippen MR) is 92.0 cm³/mol. The van der Waals surface area contributed by atoms with Gasteiger partial charge in [0.15, 0.2) is 11.8 Å². The van der Waals surface area contributed by atoms with Gasteiger partial charge in [-0.05, 0) is 50.2 Å². The van der Waals surface area contributed by atoms with Gasteiger partial charge in [0.25, 0.3) is 0 Å². The van der Waals surface area contributed by atoms with E-state index in [1.54, 1.807) is 54.0 Å². The first-order valence-electron chi connectivity index (χ1n) is 8.00. The Labute approximate surface area is 145 Å². The highest BCUT2D eigenvalue weighted by atomic mass is 16.5. The van der Waals surface area contributed by atoms with Crippen LogP contribution in [0, 0.1) is 0 Å². The van der Waals surface area contributed by atoms with Crippen molar-refractivity contribution in [3.8, 4) is 5.75 Å². The molecule has 25 heavy (non-hydrogen) atoms. The fourth-order valence-corrected chi connectivity index (χ4v) is 2.42. The molecule has 6 heteroatoms. The van der Waals surface area contributed by atoms with Crippen LogP contribution < -0.4 is 4.74 Å². The Balaban J connectivity index is 1.68. The molecule has 0 unspecified atom stereocenters.